The molecule has 0 aliphatic carbocycles. The van der Waals surface area contributed by atoms with E-state index in [1.807, 2.05) is 6.07 Å². The molecule has 0 aliphatic heterocycles. The average molecular weight is 278 g/mol. The van der Waals surface area contributed by atoms with Crippen LogP contribution in [0.25, 0.3) is 0 Å². The molecule has 0 spiro atoms. The molecule has 2 nitrogen and oxygen atoms in total. The van der Waals surface area contributed by atoms with Gasteiger partial charge in [0.25, 0.3) is 0 Å². The van der Waals surface area contributed by atoms with Crippen LogP contribution in [0.4, 0.5) is 0 Å². The molecule has 114 valence electrons. The van der Waals surface area contributed by atoms with Gasteiger partial charge in [-0.1, -0.05) is 60.6 Å². The summed E-state index contributed by atoms with van der Waals surface area (Å²) in [6.07, 6.45) is 2.07. The van der Waals surface area contributed by atoms with Crippen molar-refractivity contribution < 1.29 is 10.2 Å². The second-order valence-electron chi connectivity index (χ2n) is 8.64. The van der Waals surface area contributed by atoms with Crippen LogP contribution < -0.4 is 0 Å². The number of hydrogen-bond donors (Lipinski definition) is 2. The van der Waals surface area contributed by atoms with E-state index in [4.69, 9.17) is 0 Å². The Morgan fingerprint density at radius 2 is 1.40 bits per heavy atom. The van der Waals surface area contributed by atoms with Crippen molar-refractivity contribution in [2.24, 2.45) is 10.8 Å². The molecule has 0 saturated heterocycles. The summed E-state index contributed by atoms with van der Waals surface area (Å²) in [4.78, 5) is 0. The van der Waals surface area contributed by atoms with Crippen LogP contribution in [0.3, 0.4) is 0 Å². The van der Waals surface area contributed by atoms with E-state index >= 15 is 0 Å². The van der Waals surface area contributed by atoms with Gasteiger partial charge in [-0.15, -0.1) is 0 Å². The van der Waals surface area contributed by atoms with E-state index in [9.17, 15) is 10.2 Å². The first kappa shape index (κ1) is 16.9. The van der Waals surface area contributed by atoms with E-state index in [0.29, 0.717) is 0 Å². The second-order valence-corrected chi connectivity index (χ2v) is 8.64. The molecule has 1 aromatic carbocycles. The molecule has 1 rings (SSSR count). The van der Waals surface area contributed by atoms with Crippen LogP contribution in [0.1, 0.15) is 66.9 Å². The Bertz CT molecular complexity index is 465. The Morgan fingerprint density at radius 3 is 1.90 bits per heavy atom. The van der Waals surface area contributed by atoms with Gasteiger partial charge in [-0.25, -0.2) is 0 Å². The molecule has 0 amide bonds. The third-order valence-electron chi connectivity index (χ3n) is 3.67. The molecule has 0 heterocycles. The van der Waals surface area contributed by atoms with E-state index in [0.717, 1.165) is 18.4 Å². The van der Waals surface area contributed by atoms with Crippen molar-refractivity contribution in [1.29, 1.82) is 0 Å². The van der Waals surface area contributed by atoms with E-state index < -0.39 is 0 Å². The minimum atomic E-state index is -0.183. The summed E-state index contributed by atoms with van der Waals surface area (Å²) in [5.74, 6) is -0.0201. The highest BCUT2D eigenvalue weighted by Crippen LogP contribution is 2.46. The number of rotatable bonds is 4. The van der Waals surface area contributed by atoms with Gasteiger partial charge in [0.05, 0.1) is 0 Å². The largest absolute Gasteiger partial charge is 0.504 e. The average Bonchev–Trinajstić information content (AvgIpc) is 2.15. The lowest BCUT2D eigenvalue weighted by Gasteiger charge is -2.39. The maximum absolute atomic E-state index is 10.1. The zero-order chi connectivity index (χ0) is 15.8. The maximum atomic E-state index is 10.1. The molecular weight excluding hydrogens is 248 g/mol. The van der Waals surface area contributed by atoms with Gasteiger partial charge in [0.1, 0.15) is 0 Å². The number of aromatic hydroxyl groups is 2. The van der Waals surface area contributed by atoms with E-state index in [1.165, 1.54) is 6.07 Å². The predicted molar refractivity (Wildman–Crippen MR) is 85.3 cm³/mol. The maximum Gasteiger partial charge on any atom is 0.161 e. The molecule has 0 aliphatic rings. The van der Waals surface area contributed by atoms with Gasteiger partial charge in [-0.3, -0.25) is 0 Å². The zero-order valence-electron chi connectivity index (χ0n) is 14.0. The first-order valence-corrected chi connectivity index (χ1v) is 7.36. The Hall–Kier alpha value is -1.18. The third kappa shape index (κ3) is 4.43. The molecule has 0 aromatic heterocycles. The molecule has 0 fully saturated rings. The summed E-state index contributed by atoms with van der Waals surface area (Å²) in [6.45, 7) is 15.6. The standard InChI is InChI=1S/C18H30O2/c1-16(2,3)11-17(4,5)12-18(6,7)13-9-8-10-14(19)15(13)20/h8-10,19-20H,11-12H2,1-7H3. The van der Waals surface area contributed by atoms with E-state index in [2.05, 4.69) is 48.5 Å². The molecule has 0 saturated carbocycles. The Kier molecular flexibility index (Phi) is 4.48. The second kappa shape index (κ2) is 5.31. The van der Waals surface area contributed by atoms with Crippen molar-refractivity contribution in [1.82, 2.24) is 0 Å². The van der Waals surface area contributed by atoms with Crippen LogP contribution in [0, 0.1) is 10.8 Å². The molecule has 1 aromatic rings. The van der Waals surface area contributed by atoms with Gasteiger partial charge >= 0.3 is 0 Å². The molecule has 2 N–H and O–H groups in total. The minimum absolute atomic E-state index is 0.0176. The summed E-state index contributed by atoms with van der Waals surface area (Å²) in [6, 6.07) is 5.22. The topological polar surface area (TPSA) is 40.5 Å². The van der Waals surface area contributed by atoms with Crippen LogP contribution in [0.2, 0.25) is 0 Å². The number of benzene rings is 1. The van der Waals surface area contributed by atoms with E-state index in [1.54, 1.807) is 6.07 Å². The molecule has 0 radical (unpaired) electrons. The SMILES string of the molecule is CC(C)(C)CC(C)(C)CC(C)(C)c1cccc(O)c1O. The molecule has 0 unspecified atom stereocenters. The van der Waals surface area contributed by atoms with Crippen molar-refractivity contribution in [3.63, 3.8) is 0 Å². The number of para-hydroxylation sites is 1. The van der Waals surface area contributed by atoms with Crippen molar-refractivity contribution in [2.45, 2.75) is 66.7 Å². The summed E-state index contributed by atoms with van der Waals surface area (Å²) < 4.78 is 0. The summed E-state index contributed by atoms with van der Waals surface area (Å²) in [7, 11) is 0. The zero-order valence-corrected chi connectivity index (χ0v) is 14.0. The first-order chi connectivity index (χ1) is 8.84. The normalized spacial score (nSPS) is 13.6. The van der Waals surface area contributed by atoms with Gasteiger partial charge in [-0.2, -0.15) is 0 Å². The quantitative estimate of drug-likeness (QED) is 0.740. The fourth-order valence-electron chi connectivity index (χ4n) is 3.87. The molecule has 20 heavy (non-hydrogen) atoms. The minimum Gasteiger partial charge on any atom is -0.504 e. The summed E-state index contributed by atoms with van der Waals surface area (Å²) in [5, 5.41) is 19.8. The van der Waals surface area contributed by atoms with E-state index in [-0.39, 0.29) is 27.7 Å². The van der Waals surface area contributed by atoms with Crippen molar-refractivity contribution in [3.05, 3.63) is 23.8 Å². The van der Waals surface area contributed by atoms with Crippen LogP contribution in [0.5, 0.6) is 11.5 Å². The Morgan fingerprint density at radius 1 is 0.850 bits per heavy atom. The van der Waals surface area contributed by atoms with Crippen LogP contribution in [-0.2, 0) is 5.41 Å². The third-order valence-corrected chi connectivity index (χ3v) is 3.67. The Balaban J connectivity index is 3.02. The molecule has 0 bridgehead atoms. The molecule has 0 atom stereocenters. The van der Waals surface area contributed by atoms with Gasteiger partial charge in [-0.05, 0) is 35.2 Å². The van der Waals surface area contributed by atoms with Crippen LogP contribution >= 0.6 is 0 Å². The van der Waals surface area contributed by atoms with Gasteiger partial charge < -0.3 is 10.2 Å². The highest BCUT2D eigenvalue weighted by atomic mass is 16.3. The fraction of sp³-hybridized carbons (Fsp3) is 0.667. The summed E-state index contributed by atoms with van der Waals surface area (Å²) in [5.41, 5.74) is 1.08. The van der Waals surface area contributed by atoms with Crippen molar-refractivity contribution >= 4 is 0 Å². The lowest BCUT2D eigenvalue weighted by molar-refractivity contribution is 0.164. The lowest BCUT2D eigenvalue weighted by atomic mass is 9.66. The lowest BCUT2D eigenvalue weighted by Crippen LogP contribution is -2.30. The monoisotopic (exact) mass is 278 g/mol. The molecular formula is C18H30O2. The number of phenols is 2. The predicted octanol–water partition coefficient (Wildman–Crippen LogP) is 5.23. The number of hydrogen-bond acceptors (Lipinski definition) is 2. The van der Waals surface area contributed by atoms with Gasteiger partial charge in [0, 0.05) is 5.56 Å². The van der Waals surface area contributed by atoms with Crippen LogP contribution in [-0.4, -0.2) is 10.2 Å². The fourth-order valence-corrected chi connectivity index (χ4v) is 3.87. The van der Waals surface area contributed by atoms with Crippen LogP contribution in [0.15, 0.2) is 18.2 Å². The first-order valence-electron chi connectivity index (χ1n) is 7.36. The van der Waals surface area contributed by atoms with Crippen molar-refractivity contribution in [3.8, 4) is 11.5 Å². The highest BCUT2D eigenvalue weighted by Gasteiger charge is 2.34. The summed E-state index contributed by atoms with van der Waals surface area (Å²) >= 11 is 0. The Labute approximate surface area is 123 Å². The van der Waals surface area contributed by atoms with Gasteiger partial charge in [0.15, 0.2) is 11.5 Å². The smallest absolute Gasteiger partial charge is 0.161 e. The van der Waals surface area contributed by atoms with Crippen molar-refractivity contribution in [2.75, 3.05) is 0 Å². The number of phenolic OH excluding ortho intramolecular Hbond substituents is 2. The molecule has 2 heteroatoms. The highest BCUT2D eigenvalue weighted by molar-refractivity contribution is 5.47. The van der Waals surface area contributed by atoms with Gasteiger partial charge in [0.2, 0.25) is 0 Å².